The van der Waals surface area contributed by atoms with Crippen LogP contribution in [0.15, 0.2) is 22.8 Å². The smallest absolute Gasteiger partial charge is 0.225 e. The SMILES string of the molecule is Cc1ccc2c(CC(=O)NC3CCN(C(=O)C4CCCCC4)CC3)coc2c1C. The average Bonchev–Trinajstić information content (AvgIpc) is 3.14. The Balaban J connectivity index is 1.29. The standard InChI is InChI=1S/C24H32N2O3/c1-16-8-9-21-19(15-29-23(21)17(16)2)14-22(27)25-20-10-12-26(13-11-20)24(28)18-6-4-3-5-7-18/h8-9,15,18,20H,3-7,10-14H2,1-2H3,(H,25,27). The van der Waals surface area contributed by atoms with E-state index in [-0.39, 0.29) is 17.9 Å². The van der Waals surface area contributed by atoms with E-state index < -0.39 is 0 Å². The third kappa shape index (κ3) is 4.34. The van der Waals surface area contributed by atoms with Crippen LogP contribution in [0.4, 0.5) is 0 Å². The van der Waals surface area contributed by atoms with Gasteiger partial charge < -0.3 is 14.6 Å². The monoisotopic (exact) mass is 396 g/mol. The minimum absolute atomic E-state index is 0.0305. The molecule has 1 N–H and O–H groups in total. The molecule has 2 amide bonds. The molecule has 1 aliphatic carbocycles. The van der Waals surface area contributed by atoms with Gasteiger partial charge in [0.1, 0.15) is 5.58 Å². The Bertz CT molecular complexity index is 887. The quantitative estimate of drug-likeness (QED) is 0.839. The van der Waals surface area contributed by atoms with Gasteiger partial charge in [-0.3, -0.25) is 9.59 Å². The number of hydrogen-bond donors (Lipinski definition) is 1. The lowest BCUT2D eigenvalue weighted by Crippen LogP contribution is -2.48. The van der Waals surface area contributed by atoms with Gasteiger partial charge in [-0.2, -0.15) is 0 Å². The first-order valence-corrected chi connectivity index (χ1v) is 11.1. The van der Waals surface area contributed by atoms with Crippen LogP contribution >= 0.6 is 0 Å². The predicted molar refractivity (Wildman–Crippen MR) is 114 cm³/mol. The number of hydrogen-bond acceptors (Lipinski definition) is 3. The van der Waals surface area contributed by atoms with E-state index in [0.717, 1.165) is 60.9 Å². The molecule has 0 spiro atoms. The summed E-state index contributed by atoms with van der Waals surface area (Å²) in [5.74, 6) is 0.601. The van der Waals surface area contributed by atoms with Crippen molar-refractivity contribution in [1.82, 2.24) is 10.2 Å². The van der Waals surface area contributed by atoms with Crippen LogP contribution in [0.25, 0.3) is 11.0 Å². The minimum Gasteiger partial charge on any atom is -0.464 e. The molecule has 156 valence electrons. The molecular weight excluding hydrogens is 364 g/mol. The maximum absolute atomic E-state index is 12.7. The van der Waals surface area contributed by atoms with Gasteiger partial charge in [0.2, 0.25) is 11.8 Å². The summed E-state index contributed by atoms with van der Waals surface area (Å²) in [6.07, 6.45) is 9.46. The molecule has 5 heteroatoms. The summed E-state index contributed by atoms with van der Waals surface area (Å²) in [4.78, 5) is 27.3. The number of rotatable bonds is 4. The van der Waals surface area contributed by atoms with Crippen LogP contribution < -0.4 is 5.32 Å². The van der Waals surface area contributed by atoms with Crippen molar-refractivity contribution in [2.24, 2.45) is 5.92 Å². The van der Waals surface area contributed by atoms with Crippen LogP contribution in [0, 0.1) is 19.8 Å². The van der Waals surface area contributed by atoms with Crippen LogP contribution in [0.3, 0.4) is 0 Å². The van der Waals surface area contributed by atoms with Gasteiger partial charge in [-0.1, -0.05) is 31.4 Å². The molecular formula is C24H32N2O3. The van der Waals surface area contributed by atoms with Gasteiger partial charge in [-0.15, -0.1) is 0 Å². The summed E-state index contributed by atoms with van der Waals surface area (Å²) in [5, 5.41) is 4.19. The predicted octanol–water partition coefficient (Wildman–Crippen LogP) is 4.28. The number of nitrogens with one attached hydrogen (secondary N) is 1. The Labute approximate surface area is 172 Å². The largest absolute Gasteiger partial charge is 0.464 e. The van der Waals surface area contributed by atoms with Crippen LogP contribution in [0.2, 0.25) is 0 Å². The minimum atomic E-state index is 0.0305. The van der Waals surface area contributed by atoms with Gasteiger partial charge in [0, 0.05) is 36.0 Å². The Morgan fingerprint density at radius 1 is 1.07 bits per heavy atom. The van der Waals surface area contributed by atoms with Crippen molar-refractivity contribution < 1.29 is 14.0 Å². The average molecular weight is 397 g/mol. The van der Waals surface area contributed by atoms with Gasteiger partial charge in [-0.25, -0.2) is 0 Å². The lowest BCUT2D eigenvalue weighted by atomic mass is 9.87. The number of fused-ring (bicyclic) bond motifs is 1. The molecule has 2 aromatic rings. The van der Waals surface area contributed by atoms with Gasteiger partial charge in [0.15, 0.2) is 0 Å². The van der Waals surface area contributed by atoms with Crippen molar-refractivity contribution in [2.45, 2.75) is 71.3 Å². The van der Waals surface area contributed by atoms with E-state index in [4.69, 9.17) is 4.42 Å². The molecule has 2 heterocycles. The first-order valence-electron chi connectivity index (χ1n) is 11.1. The fraction of sp³-hybridized carbons (Fsp3) is 0.583. The van der Waals surface area contributed by atoms with E-state index in [1.807, 2.05) is 17.9 Å². The number of piperidine rings is 1. The molecule has 1 saturated heterocycles. The fourth-order valence-corrected chi connectivity index (χ4v) is 4.83. The summed E-state index contributed by atoms with van der Waals surface area (Å²) >= 11 is 0. The van der Waals surface area contributed by atoms with Crippen LogP contribution in [0.5, 0.6) is 0 Å². The summed E-state index contributed by atoms with van der Waals surface area (Å²) in [7, 11) is 0. The first kappa shape index (κ1) is 20.0. The second-order valence-corrected chi connectivity index (χ2v) is 8.82. The molecule has 0 unspecified atom stereocenters. The third-order valence-electron chi connectivity index (χ3n) is 6.82. The number of aryl methyl sites for hydroxylation is 2. The molecule has 1 aromatic carbocycles. The van der Waals surface area contributed by atoms with E-state index in [2.05, 4.69) is 18.3 Å². The summed E-state index contributed by atoms with van der Waals surface area (Å²) < 4.78 is 5.73. The maximum Gasteiger partial charge on any atom is 0.225 e. The number of nitrogens with zero attached hydrogens (tertiary/aromatic N) is 1. The molecule has 4 rings (SSSR count). The molecule has 1 aliphatic heterocycles. The van der Waals surface area contributed by atoms with Gasteiger partial charge >= 0.3 is 0 Å². The molecule has 1 saturated carbocycles. The number of carbonyl (C=O) groups excluding carboxylic acids is 2. The van der Waals surface area contributed by atoms with E-state index in [1.165, 1.54) is 24.8 Å². The molecule has 2 aliphatic rings. The Hall–Kier alpha value is -2.30. The van der Waals surface area contributed by atoms with E-state index in [9.17, 15) is 9.59 Å². The van der Waals surface area contributed by atoms with E-state index in [1.54, 1.807) is 6.26 Å². The highest BCUT2D eigenvalue weighted by Crippen LogP contribution is 2.28. The van der Waals surface area contributed by atoms with Crippen LogP contribution in [-0.2, 0) is 16.0 Å². The highest BCUT2D eigenvalue weighted by molar-refractivity contribution is 5.89. The number of carbonyl (C=O) groups is 2. The first-order chi connectivity index (χ1) is 14.0. The molecule has 5 nitrogen and oxygen atoms in total. The van der Waals surface area contributed by atoms with Crippen molar-refractivity contribution in [3.8, 4) is 0 Å². The molecule has 29 heavy (non-hydrogen) atoms. The zero-order chi connectivity index (χ0) is 20.4. The lowest BCUT2D eigenvalue weighted by molar-refractivity contribution is -0.137. The van der Waals surface area contributed by atoms with Crippen molar-refractivity contribution in [3.05, 3.63) is 35.1 Å². The van der Waals surface area contributed by atoms with E-state index >= 15 is 0 Å². The number of benzene rings is 1. The van der Waals surface area contributed by atoms with Crippen molar-refractivity contribution in [2.75, 3.05) is 13.1 Å². The summed E-state index contributed by atoms with van der Waals surface area (Å²) in [6, 6.07) is 4.27. The zero-order valence-electron chi connectivity index (χ0n) is 17.6. The Kier molecular flexibility index (Phi) is 5.93. The van der Waals surface area contributed by atoms with Gasteiger partial charge in [0.25, 0.3) is 0 Å². The highest BCUT2D eigenvalue weighted by Gasteiger charge is 2.29. The maximum atomic E-state index is 12.7. The molecule has 2 fully saturated rings. The summed E-state index contributed by atoms with van der Waals surface area (Å²) in [6.45, 7) is 5.63. The van der Waals surface area contributed by atoms with Crippen molar-refractivity contribution in [1.29, 1.82) is 0 Å². The number of likely N-dealkylation sites (tertiary alicyclic amines) is 1. The molecule has 0 atom stereocenters. The van der Waals surface area contributed by atoms with Crippen LogP contribution in [0.1, 0.15) is 61.6 Å². The summed E-state index contributed by atoms with van der Waals surface area (Å²) in [5.41, 5.74) is 4.13. The Morgan fingerprint density at radius 2 is 1.79 bits per heavy atom. The van der Waals surface area contributed by atoms with Gasteiger partial charge in [-0.05, 0) is 50.7 Å². The number of furan rings is 1. The van der Waals surface area contributed by atoms with Crippen molar-refractivity contribution >= 4 is 22.8 Å². The molecule has 1 aromatic heterocycles. The lowest BCUT2D eigenvalue weighted by Gasteiger charge is -2.35. The fourth-order valence-electron chi connectivity index (χ4n) is 4.83. The Morgan fingerprint density at radius 3 is 2.52 bits per heavy atom. The molecule has 0 radical (unpaired) electrons. The van der Waals surface area contributed by atoms with Gasteiger partial charge in [0.05, 0.1) is 12.7 Å². The second kappa shape index (κ2) is 8.60. The normalized spacial score (nSPS) is 18.9. The zero-order valence-corrected chi connectivity index (χ0v) is 17.6. The van der Waals surface area contributed by atoms with E-state index in [0.29, 0.717) is 12.3 Å². The second-order valence-electron chi connectivity index (χ2n) is 8.82. The number of amides is 2. The topological polar surface area (TPSA) is 62.6 Å². The van der Waals surface area contributed by atoms with Crippen LogP contribution in [-0.4, -0.2) is 35.8 Å². The third-order valence-corrected chi connectivity index (χ3v) is 6.82. The van der Waals surface area contributed by atoms with Crippen molar-refractivity contribution in [3.63, 3.8) is 0 Å². The molecule has 0 bridgehead atoms. The highest BCUT2D eigenvalue weighted by atomic mass is 16.3.